The van der Waals surface area contributed by atoms with Crippen LogP contribution in [0.3, 0.4) is 0 Å². The standard InChI is InChI=1S/C16H23FN2OS/c1-8(2)15(3)13(20)19-14(21-15)18-12-10-4-9-5-11(12)16(17,6-9)7-10/h8-12H,4-7H2,1-3H3,(H,18,19,20)/t9?,10?,11?,12?,15?,16-/m1/s1. The molecule has 1 amide bonds. The molecule has 0 spiro atoms. The van der Waals surface area contributed by atoms with Gasteiger partial charge in [-0.1, -0.05) is 25.6 Å². The number of rotatable bonds is 2. The number of hydrogen-bond acceptors (Lipinski definition) is 3. The summed E-state index contributed by atoms with van der Waals surface area (Å²) < 4.78 is 14.5. The fraction of sp³-hybridized carbons (Fsp3) is 0.875. The maximum atomic E-state index is 14.9. The highest BCUT2D eigenvalue weighted by atomic mass is 32.2. The zero-order chi connectivity index (χ0) is 15.0. The molecular weight excluding hydrogens is 287 g/mol. The van der Waals surface area contributed by atoms with Crippen LogP contribution in [0.4, 0.5) is 4.39 Å². The molecule has 0 aromatic rings. The molecule has 4 aliphatic carbocycles. The van der Waals surface area contributed by atoms with Gasteiger partial charge in [-0.25, -0.2) is 4.39 Å². The Morgan fingerprint density at radius 3 is 2.76 bits per heavy atom. The highest BCUT2D eigenvalue weighted by Gasteiger charge is 2.63. The second-order valence-electron chi connectivity index (χ2n) is 7.89. The molecule has 5 fully saturated rings. The Hall–Kier alpha value is -0.580. The third kappa shape index (κ3) is 1.85. The molecule has 4 saturated carbocycles. The number of amidine groups is 1. The minimum absolute atomic E-state index is 0.0451. The summed E-state index contributed by atoms with van der Waals surface area (Å²) >= 11 is 1.54. The first-order valence-electron chi connectivity index (χ1n) is 8.09. The molecule has 5 unspecified atom stereocenters. The number of halogens is 1. The van der Waals surface area contributed by atoms with Crippen molar-refractivity contribution in [3.63, 3.8) is 0 Å². The first-order chi connectivity index (χ1) is 9.82. The number of thioether (sulfide) groups is 1. The molecule has 5 heteroatoms. The van der Waals surface area contributed by atoms with Crippen LogP contribution >= 0.6 is 11.8 Å². The van der Waals surface area contributed by atoms with Crippen LogP contribution in [0, 0.1) is 23.7 Å². The average molecular weight is 310 g/mol. The number of carbonyl (C=O) groups is 1. The average Bonchev–Trinajstić information content (AvgIpc) is 2.87. The van der Waals surface area contributed by atoms with Crippen LogP contribution in [-0.2, 0) is 4.79 Å². The van der Waals surface area contributed by atoms with Gasteiger partial charge in [0.15, 0.2) is 5.17 Å². The molecule has 0 aromatic carbocycles. The van der Waals surface area contributed by atoms with Crippen molar-refractivity contribution in [2.45, 2.75) is 62.9 Å². The maximum Gasteiger partial charge on any atom is 0.242 e. The topological polar surface area (TPSA) is 41.5 Å². The van der Waals surface area contributed by atoms with E-state index in [0.29, 0.717) is 18.3 Å². The van der Waals surface area contributed by atoms with Crippen molar-refractivity contribution in [1.29, 1.82) is 0 Å². The normalized spacial score (nSPS) is 53.2. The lowest BCUT2D eigenvalue weighted by Gasteiger charge is -2.29. The maximum absolute atomic E-state index is 14.9. The summed E-state index contributed by atoms with van der Waals surface area (Å²) in [6, 6.07) is 0.0889. The molecule has 1 N–H and O–H groups in total. The van der Waals surface area contributed by atoms with Crippen molar-refractivity contribution in [1.82, 2.24) is 5.32 Å². The lowest BCUT2D eigenvalue weighted by molar-refractivity contribution is -0.122. The van der Waals surface area contributed by atoms with Crippen LogP contribution in [0.15, 0.2) is 4.99 Å². The van der Waals surface area contributed by atoms with E-state index in [1.165, 1.54) is 11.8 Å². The largest absolute Gasteiger partial charge is 0.304 e. The molecule has 3 nitrogen and oxygen atoms in total. The summed E-state index contributed by atoms with van der Waals surface area (Å²) in [5.74, 6) is 1.37. The minimum Gasteiger partial charge on any atom is -0.304 e. The number of nitrogens with zero attached hydrogens (tertiary/aromatic N) is 1. The van der Waals surface area contributed by atoms with Gasteiger partial charge < -0.3 is 5.32 Å². The van der Waals surface area contributed by atoms with Gasteiger partial charge in [0.05, 0.1) is 6.04 Å². The fourth-order valence-corrected chi connectivity index (χ4v) is 6.04. The number of carbonyl (C=O) groups excluding carboxylic acids is 1. The first-order valence-corrected chi connectivity index (χ1v) is 8.90. The molecule has 1 saturated heterocycles. The molecule has 0 radical (unpaired) electrons. The van der Waals surface area contributed by atoms with Gasteiger partial charge >= 0.3 is 0 Å². The van der Waals surface area contributed by atoms with Gasteiger partial charge in [-0.2, -0.15) is 0 Å². The highest BCUT2D eigenvalue weighted by Crippen LogP contribution is 2.63. The van der Waals surface area contributed by atoms with E-state index >= 15 is 0 Å². The Morgan fingerprint density at radius 2 is 2.14 bits per heavy atom. The molecule has 1 heterocycles. The van der Waals surface area contributed by atoms with Crippen molar-refractivity contribution in [3.05, 3.63) is 0 Å². The Kier molecular flexibility index (Phi) is 2.84. The van der Waals surface area contributed by atoms with Crippen molar-refractivity contribution in [2.75, 3.05) is 0 Å². The summed E-state index contributed by atoms with van der Waals surface area (Å²) in [6.07, 6.45) is 3.56. The molecule has 5 aliphatic rings. The van der Waals surface area contributed by atoms with E-state index in [-0.39, 0.29) is 23.8 Å². The third-order valence-corrected chi connectivity index (χ3v) is 7.84. The van der Waals surface area contributed by atoms with E-state index in [9.17, 15) is 9.18 Å². The summed E-state index contributed by atoms with van der Waals surface area (Å²) in [5.41, 5.74) is -0.961. The molecular formula is C16H23FN2OS. The van der Waals surface area contributed by atoms with Gasteiger partial charge in [0, 0.05) is 5.92 Å². The Morgan fingerprint density at radius 1 is 1.38 bits per heavy atom. The monoisotopic (exact) mass is 310 g/mol. The van der Waals surface area contributed by atoms with Crippen molar-refractivity contribution < 1.29 is 9.18 Å². The molecule has 116 valence electrons. The SMILES string of the molecule is CC(C)C1(C)SC(=NC2C3CC4CC2[C@@](F)(C4)C3)NC1=O. The Balaban J connectivity index is 1.59. The van der Waals surface area contributed by atoms with Crippen LogP contribution in [0.25, 0.3) is 0 Å². The van der Waals surface area contributed by atoms with Crippen LogP contribution in [-0.4, -0.2) is 27.5 Å². The summed E-state index contributed by atoms with van der Waals surface area (Å²) in [5, 5.41) is 3.66. The van der Waals surface area contributed by atoms with E-state index in [1.54, 1.807) is 0 Å². The van der Waals surface area contributed by atoms with Gasteiger partial charge in [0.1, 0.15) is 10.4 Å². The molecule has 4 bridgehead atoms. The smallest absolute Gasteiger partial charge is 0.242 e. The first kappa shape index (κ1) is 14.0. The van der Waals surface area contributed by atoms with Gasteiger partial charge in [0.2, 0.25) is 5.91 Å². The van der Waals surface area contributed by atoms with Crippen LogP contribution < -0.4 is 5.32 Å². The second kappa shape index (κ2) is 4.24. The van der Waals surface area contributed by atoms with Crippen molar-refractivity contribution >= 4 is 22.8 Å². The molecule has 0 aromatic heterocycles. The number of nitrogens with one attached hydrogen (secondary N) is 1. The van der Waals surface area contributed by atoms with Gasteiger partial charge in [0.25, 0.3) is 0 Å². The molecule has 6 atom stereocenters. The van der Waals surface area contributed by atoms with Crippen LogP contribution in [0.5, 0.6) is 0 Å². The fourth-order valence-electron chi connectivity index (χ4n) is 4.94. The lowest BCUT2D eigenvalue weighted by atomic mass is 9.79. The lowest BCUT2D eigenvalue weighted by Crippen LogP contribution is -2.38. The molecule has 1 aliphatic heterocycles. The number of amides is 1. The summed E-state index contributed by atoms with van der Waals surface area (Å²) in [6.45, 7) is 6.10. The minimum atomic E-state index is -0.961. The number of aliphatic imine (C=N–C) groups is 1. The van der Waals surface area contributed by atoms with Gasteiger partial charge in [-0.05, 0) is 50.4 Å². The third-order valence-electron chi connectivity index (χ3n) is 6.36. The van der Waals surface area contributed by atoms with E-state index in [2.05, 4.69) is 19.2 Å². The quantitative estimate of drug-likeness (QED) is 0.851. The Labute approximate surface area is 129 Å². The van der Waals surface area contributed by atoms with E-state index in [4.69, 9.17) is 4.99 Å². The predicted molar refractivity (Wildman–Crippen MR) is 83.0 cm³/mol. The molecule has 5 rings (SSSR count). The van der Waals surface area contributed by atoms with Gasteiger partial charge in [-0.15, -0.1) is 0 Å². The van der Waals surface area contributed by atoms with Crippen molar-refractivity contribution in [3.8, 4) is 0 Å². The summed E-state index contributed by atoms with van der Waals surface area (Å²) in [7, 11) is 0. The highest BCUT2D eigenvalue weighted by molar-refractivity contribution is 8.16. The van der Waals surface area contributed by atoms with E-state index < -0.39 is 10.4 Å². The predicted octanol–water partition coefficient (Wildman–Crippen LogP) is 3.15. The summed E-state index contributed by atoms with van der Waals surface area (Å²) in [4.78, 5) is 17.0. The zero-order valence-corrected chi connectivity index (χ0v) is 13.7. The molecule has 21 heavy (non-hydrogen) atoms. The van der Waals surface area contributed by atoms with E-state index in [0.717, 1.165) is 24.4 Å². The second-order valence-corrected chi connectivity index (χ2v) is 9.33. The van der Waals surface area contributed by atoms with Crippen molar-refractivity contribution in [2.24, 2.45) is 28.7 Å². The van der Waals surface area contributed by atoms with Crippen LogP contribution in [0.2, 0.25) is 0 Å². The van der Waals surface area contributed by atoms with Crippen LogP contribution in [0.1, 0.15) is 46.5 Å². The number of alkyl halides is 1. The Bertz CT molecular complexity index is 536. The van der Waals surface area contributed by atoms with Gasteiger partial charge in [-0.3, -0.25) is 9.79 Å². The van der Waals surface area contributed by atoms with E-state index in [1.807, 2.05) is 6.92 Å². The zero-order valence-electron chi connectivity index (χ0n) is 12.9. The number of hydrogen-bond donors (Lipinski definition) is 1.